The summed E-state index contributed by atoms with van der Waals surface area (Å²) in [5, 5.41) is 6.36. The molecular weight excluding hydrogens is 382 g/mol. The Kier molecular flexibility index (Phi) is 4.88. The maximum absolute atomic E-state index is 12.4. The first-order chi connectivity index (χ1) is 11.4. The van der Waals surface area contributed by atoms with Gasteiger partial charge in [0.25, 0.3) is 5.91 Å². The molecule has 0 aliphatic rings. The Labute approximate surface area is 147 Å². The highest BCUT2D eigenvalue weighted by Gasteiger charge is 2.19. The second kappa shape index (κ2) is 6.91. The third kappa shape index (κ3) is 3.60. The van der Waals surface area contributed by atoms with Crippen molar-refractivity contribution in [3.63, 3.8) is 0 Å². The van der Waals surface area contributed by atoms with Gasteiger partial charge in [0.05, 0.1) is 21.5 Å². The summed E-state index contributed by atoms with van der Waals surface area (Å²) in [7, 11) is 0. The van der Waals surface area contributed by atoms with Crippen LogP contribution in [0, 0.1) is 6.92 Å². The molecule has 24 heavy (non-hydrogen) atoms. The fourth-order valence-electron chi connectivity index (χ4n) is 1.81. The van der Waals surface area contributed by atoms with Gasteiger partial charge in [-0.1, -0.05) is 16.8 Å². The molecule has 1 N–H and O–H groups in total. The molecule has 0 atom stereocenters. The Morgan fingerprint density at radius 1 is 1.38 bits per heavy atom. The zero-order valence-corrected chi connectivity index (χ0v) is 14.4. The average Bonchev–Trinajstić information content (AvgIpc) is 3.24. The molecule has 126 valence electrons. The van der Waals surface area contributed by atoms with Gasteiger partial charge in [0, 0.05) is 0 Å². The number of alkyl halides is 2. The number of carbonyl (C=O) groups is 1. The zero-order chi connectivity index (χ0) is 17.3. The summed E-state index contributed by atoms with van der Waals surface area (Å²) >= 11 is 8.49. The van der Waals surface area contributed by atoms with Crippen LogP contribution in [0.2, 0.25) is 4.34 Å². The van der Waals surface area contributed by atoms with Crippen molar-refractivity contribution in [3.05, 3.63) is 38.8 Å². The first-order valence-corrected chi connectivity index (χ1v) is 8.57. The summed E-state index contributed by atoms with van der Waals surface area (Å²) in [6.45, 7) is 1.57. The van der Waals surface area contributed by atoms with Gasteiger partial charge in [0.15, 0.2) is 0 Å². The maximum Gasteiger partial charge on any atom is 0.300 e. The van der Waals surface area contributed by atoms with E-state index in [1.54, 1.807) is 13.0 Å². The van der Waals surface area contributed by atoms with Crippen LogP contribution in [-0.2, 0) is 6.54 Å². The van der Waals surface area contributed by atoms with E-state index in [2.05, 4.69) is 25.0 Å². The van der Waals surface area contributed by atoms with Crippen LogP contribution in [0.25, 0.3) is 9.88 Å². The minimum absolute atomic E-state index is 0.0916. The number of nitrogens with one attached hydrogen (secondary N) is 1. The van der Waals surface area contributed by atoms with Crippen LogP contribution in [0.5, 0.6) is 0 Å². The lowest BCUT2D eigenvalue weighted by atomic mass is 10.3. The Hall–Kier alpha value is -1.91. The normalized spacial score (nSPS) is 11.2. The van der Waals surface area contributed by atoms with Gasteiger partial charge in [0.2, 0.25) is 11.7 Å². The van der Waals surface area contributed by atoms with Crippen LogP contribution >= 0.6 is 34.3 Å². The molecule has 3 aromatic rings. The van der Waals surface area contributed by atoms with Crippen molar-refractivity contribution in [2.24, 2.45) is 0 Å². The van der Waals surface area contributed by atoms with Gasteiger partial charge in [-0.05, 0) is 19.1 Å². The predicted molar refractivity (Wildman–Crippen MR) is 85.6 cm³/mol. The first kappa shape index (κ1) is 16.9. The molecule has 11 heteroatoms. The summed E-state index contributed by atoms with van der Waals surface area (Å²) in [5.41, 5.74) is 0.566. The summed E-state index contributed by atoms with van der Waals surface area (Å²) < 4.78 is 30.0. The van der Waals surface area contributed by atoms with Crippen LogP contribution in [0.1, 0.15) is 33.5 Å². The van der Waals surface area contributed by atoms with Gasteiger partial charge in [-0.15, -0.1) is 22.7 Å². The first-order valence-electron chi connectivity index (χ1n) is 6.56. The van der Waals surface area contributed by atoms with E-state index >= 15 is 0 Å². The van der Waals surface area contributed by atoms with Gasteiger partial charge in [-0.3, -0.25) is 4.79 Å². The average molecular weight is 391 g/mol. The van der Waals surface area contributed by atoms with Crippen molar-refractivity contribution in [1.82, 2.24) is 20.4 Å². The molecule has 0 saturated heterocycles. The van der Waals surface area contributed by atoms with E-state index in [9.17, 15) is 13.6 Å². The maximum atomic E-state index is 12.4. The lowest BCUT2D eigenvalue weighted by Gasteiger charge is -1.99. The predicted octanol–water partition coefficient (Wildman–Crippen LogP) is 4.08. The van der Waals surface area contributed by atoms with E-state index in [0.29, 0.717) is 19.9 Å². The summed E-state index contributed by atoms with van der Waals surface area (Å²) in [5.74, 6) is -1.19. The Morgan fingerprint density at radius 2 is 2.17 bits per heavy atom. The van der Waals surface area contributed by atoms with Gasteiger partial charge in [-0.2, -0.15) is 4.98 Å². The minimum Gasteiger partial charge on any atom is -0.342 e. The van der Waals surface area contributed by atoms with E-state index in [0.717, 1.165) is 4.88 Å². The number of thiophene rings is 1. The molecular formula is C13H9ClF2N4O2S2. The van der Waals surface area contributed by atoms with Crippen molar-refractivity contribution in [2.75, 3.05) is 0 Å². The van der Waals surface area contributed by atoms with Gasteiger partial charge in [-0.25, -0.2) is 13.8 Å². The van der Waals surface area contributed by atoms with Crippen molar-refractivity contribution in [3.8, 4) is 9.88 Å². The molecule has 3 rings (SSSR count). The SMILES string of the molecule is Cc1nc(-c2ccc(Cl)s2)sc1C(=O)NCc1nc(C(F)F)no1. The van der Waals surface area contributed by atoms with Crippen LogP contribution in [0.3, 0.4) is 0 Å². The molecule has 3 aromatic heterocycles. The van der Waals surface area contributed by atoms with Gasteiger partial charge >= 0.3 is 6.43 Å². The van der Waals surface area contributed by atoms with Crippen molar-refractivity contribution in [1.29, 1.82) is 0 Å². The second-order valence-electron chi connectivity index (χ2n) is 4.57. The second-order valence-corrected chi connectivity index (χ2v) is 7.28. The van der Waals surface area contributed by atoms with Crippen LogP contribution in [0.15, 0.2) is 16.7 Å². The lowest BCUT2D eigenvalue weighted by Crippen LogP contribution is -2.22. The van der Waals surface area contributed by atoms with E-state index in [1.807, 2.05) is 6.07 Å². The number of amides is 1. The minimum atomic E-state index is -2.82. The number of rotatable bonds is 5. The Morgan fingerprint density at radius 3 is 2.79 bits per heavy atom. The number of hydrogen-bond donors (Lipinski definition) is 1. The summed E-state index contributed by atoms with van der Waals surface area (Å²) in [6, 6.07) is 3.59. The Bertz CT molecular complexity index is 877. The molecule has 0 unspecified atom stereocenters. The third-order valence-electron chi connectivity index (χ3n) is 2.87. The number of nitrogens with zero attached hydrogens (tertiary/aromatic N) is 3. The zero-order valence-electron chi connectivity index (χ0n) is 12.0. The fraction of sp³-hybridized carbons (Fsp3) is 0.231. The molecule has 0 spiro atoms. The van der Waals surface area contributed by atoms with Crippen molar-refractivity contribution >= 4 is 40.2 Å². The molecule has 0 bridgehead atoms. The van der Waals surface area contributed by atoms with Crippen molar-refractivity contribution in [2.45, 2.75) is 19.9 Å². The highest BCUT2D eigenvalue weighted by Crippen LogP contribution is 2.34. The van der Waals surface area contributed by atoms with Crippen molar-refractivity contribution < 1.29 is 18.1 Å². The quantitative estimate of drug-likeness (QED) is 0.709. The monoisotopic (exact) mass is 390 g/mol. The molecule has 0 aliphatic carbocycles. The molecule has 1 amide bonds. The molecule has 0 aromatic carbocycles. The topological polar surface area (TPSA) is 80.9 Å². The van der Waals surface area contributed by atoms with E-state index in [4.69, 9.17) is 11.6 Å². The van der Waals surface area contributed by atoms with Gasteiger partial charge in [0.1, 0.15) is 9.88 Å². The Balaban J connectivity index is 1.69. The molecule has 3 heterocycles. The van der Waals surface area contributed by atoms with E-state index in [1.165, 1.54) is 22.7 Å². The molecule has 0 saturated carbocycles. The molecule has 0 radical (unpaired) electrons. The molecule has 0 fully saturated rings. The highest BCUT2D eigenvalue weighted by atomic mass is 35.5. The summed E-state index contributed by atoms with van der Waals surface area (Å²) in [6.07, 6.45) is -2.82. The van der Waals surface area contributed by atoms with Crippen LogP contribution < -0.4 is 5.32 Å². The number of halogens is 3. The number of hydrogen-bond acceptors (Lipinski definition) is 7. The number of aryl methyl sites for hydroxylation is 1. The van der Waals surface area contributed by atoms with Crippen LogP contribution in [0.4, 0.5) is 8.78 Å². The molecule has 6 nitrogen and oxygen atoms in total. The highest BCUT2D eigenvalue weighted by molar-refractivity contribution is 7.24. The molecule has 0 aliphatic heterocycles. The number of carbonyl (C=O) groups excluding carboxylic acids is 1. The lowest BCUT2D eigenvalue weighted by molar-refractivity contribution is 0.0949. The largest absolute Gasteiger partial charge is 0.342 e. The van der Waals surface area contributed by atoms with E-state index < -0.39 is 18.2 Å². The number of aromatic nitrogens is 3. The fourth-order valence-corrected chi connectivity index (χ4v) is 3.89. The number of thiazole rings is 1. The van der Waals surface area contributed by atoms with Crippen LogP contribution in [-0.4, -0.2) is 21.0 Å². The summed E-state index contributed by atoms with van der Waals surface area (Å²) in [4.78, 5) is 21.4. The smallest absolute Gasteiger partial charge is 0.300 e. The van der Waals surface area contributed by atoms with Gasteiger partial charge < -0.3 is 9.84 Å². The third-order valence-corrected chi connectivity index (χ3v) is 5.42. The standard InChI is InChI=1S/C13H9ClF2N4O2S2/c1-5-9(24-13(18-5)6-2-3-7(14)23-6)12(21)17-4-8-19-11(10(15)16)20-22-8/h2-3,10H,4H2,1H3,(H,17,21). The van der Waals surface area contributed by atoms with E-state index in [-0.39, 0.29) is 12.4 Å².